The molecule has 60 valence electrons. The molecule has 0 amide bonds. The minimum Gasteiger partial charge on any atom is -0.330 e. The molecule has 0 bridgehead atoms. The van der Waals surface area contributed by atoms with Crippen LogP contribution in [0.2, 0.25) is 0 Å². The molecule has 1 aliphatic carbocycles. The van der Waals surface area contributed by atoms with Crippen LogP contribution < -0.4 is 5.73 Å². The molecule has 0 spiro atoms. The van der Waals surface area contributed by atoms with Gasteiger partial charge in [0.15, 0.2) is 0 Å². The van der Waals surface area contributed by atoms with Crippen LogP contribution in [0.4, 0.5) is 0 Å². The Morgan fingerprint density at radius 1 is 1.64 bits per heavy atom. The highest BCUT2D eigenvalue weighted by molar-refractivity contribution is 7.03. The lowest BCUT2D eigenvalue weighted by Gasteiger charge is -2.07. The van der Waals surface area contributed by atoms with Crippen LogP contribution in [0.5, 0.6) is 0 Å². The number of hydrogen-bond acceptors (Lipinski definition) is 4. The Balaban J connectivity index is 2.01. The Morgan fingerprint density at radius 2 is 2.45 bits per heavy atom. The van der Waals surface area contributed by atoms with Crippen molar-refractivity contribution in [3.8, 4) is 0 Å². The molecule has 1 aliphatic rings. The van der Waals surface area contributed by atoms with Crippen LogP contribution in [-0.4, -0.2) is 16.1 Å². The molecule has 2 rings (SSSR count). The lowest BCUT2D eigenvalue weighted by atomic mass is 10.0. The maximum absolute atomic E-state index is 5.64. The van der Waals surface area contributed by atoms with Crippen LogP contribution in [-0.2, 0) is 6.42 Å². The second-order valence-electron chi connectivity index (χ2n) is 3.28. The second kappa shape index (κ2) is 2.53. The van der Waals surface area contributed by atoms with Crippen molar-refractivity contribution in [1.29, 1.82) is 0 Å². The molecule has 1 heterocycles. The van der Waals surface area contributed by atoms with Gasteiger partial charge in [-0.25, -0.2) is 0 Å². The van der Waals surface area contributed by atoms with Crippen molar-refractivity contribution in [2.24, 2.45) is 11.1 Å². The Bertz CT molecular complexity index is 228. The quantitative estimate of drug-likeness (QED) is 0.728. The van der Waals surface area contributed by atoms with Crippen molar-refractivity contribution in [1.82, 2.24) is 9.59 Å². The highest BCUT2D eigenvalue weighted by Crippen LogP contribution is 2.46. The maximum atomic E-state index is 5.64. The van der Waals surface area contributed by atoms with Gasteiger partial charge in [-0.15, -0.1) is 5.10 Å². The summed E-state index contributed by atoms with van der Waals surface area (Å²) in [4.78, 5) is 0. The van der Waals surface area contributed by atoms with Gasteiger partial charge in [0.1, 0.15) is 0 Å². The third kappa shape index (κ3) is 1.41. The summed E-state index contributed by atoms with van der Waals surface area (Å²) in [5, 5.41) is 6.01. The minimum absolute atomic E-state index is 0.399. The molecule has 1 aromatic heterocycles. The zero-order chi connectivity index (χ0) is 7.73. The SMILES string of the molecule is NCC1(Cc2csnn2)CC1. The van der Waals surface area contributed by atoms with Crippen LogP contribution in [0.25, 0.3) is 0 Å². The summed E-state index contributed by atoms with van der Waals surface area (Å²) in [5.74, 6) is 0. The topological polar surface area (TPSA) is 51.8 Å². The lowest BCUT2D eigenvalue weighted by molar-refractivity contribution is 0.513. The third-order valence-electron chi connectivity index (χ3n) is 2.35. The van der Waals surface area contributed by atoms with Gasteiger partial charge < -0.3 is 5.73 Å². The van der Waals surface area contributed by atoms with Crippen molar-refractivity contribution in [2.45, 2.75) is 19.3 Å². The Hall–Kier alpha value is -0.480. The van der Waals surface area contributed by atoms with Crippen molar-refractivity contribution in [3.05, 3.63) is 11.1 Å². The van der Waals surface area contributed by atoms with Gasteiger partial charge in [0.2, 0.25) is 0 Å². The van der Waals surface area contributed by atoms with Gasteiger partial charge in [-0.1, -0.05) is 4.49 Å². The zero-order valence-corrected chi connectivity index (χ0v) is 7.10. The number of aromatic nitrogens is 2. The molecule has 0 unspecified atom stereocenters. The number of rotatable bonds is 3. The fraction of sp³-hybridized carbons (Fsp3) is 0.714. The molecular weight excluding hydrogens is 158 g/mol. The fourth-order valence-corrected chi connectivity index (χ4v) is 1.73. The zero-order valence-electron chi connectivity index (χ0n) is 6.29. The van der Waals surface area contributed by atoms with Gasteiger partial charge >= 0.3 is 0 Å². The summed E-state index contributed by atoms with van der Waals surface area (Å²) in [6.07, 6.45) is 3.56. The van der Waals surface area contributed by atoms with Crippen molar-refractivity contribution < 1.29 is 0 Å². The first kappa shape index (κ1) is 7.18. The van der Waals surface area contributed by atoms with E-state index in [-0.39, 0.29) is 0 Å². The third-order valence-corrected chi connectivity index (χ3v) is 2.90. The predicted molar refractivity (Wildman–Crippen MR) is 44.3 cm³/mol. The van der Waals surface area contributed by atoms with E-state index in [0.717, 1.165) is 18.7 Å². The van der Waals surface area contributed by atoms with Crippen LogP contribution in [0.15, 0.2) is 5.38 Å². The molecule has 0 atom stereocenters. The molecule has 11 heavy (non-hydrogen) atoms. The van der Waals surface area contributed by atoms with E-state index in [4.69, 9.17) is 5.73 Å². The van der Waals surface area contributed by atoms with Gasteiger partial charge in [-0.05, 0) is 42.8 Å². The van der Waals surface area contributed by atoms with Gasteiger partial charge in [0.25, 0.3) is 0 Å². The normalized spacial score (nSPS) is 20.1. The van der Waals surface area contributed by atoms with E-state index in [1.807, 2.05) is 5.38 Å². The Kier molecular flexibility index (Phi) is 1.65. The van der Waals surface area contributed by atoms with E-state index in [1.54, 1.807) is 0 Å². The first-order valence-electron chi connectivity index (χ1n) is 3.81. The van der Waals surface area contributed by atoms with Crippen molar-refractivity contribution in [2.75, 3.05) is 6.54 Å². The lowest BCUT2D eigenvalue weighted by Crippen LogP contribution is -2.18. The molecule has 1 aromatic rings. The highest BCUT2D eigenvalue weighted by Gasteiger charge is 2.41. The van der Waals surface area contributed by atoms with Gasteiger partial charge in [0.05, 0.1) is 5.69 Å². The summed E-state index contributed by atoms with van der Waals surface area (Å²) >= 11 is 1.42. The molecular formula is C7H11N3S. The molecule has 1 fully saturated rings. The van der Waals surface area contributed by atoms with Crippen LogP contribution in [0, 0.1) is 5.41 Å². The fourth-order valence-electron chi connectivity index (χ4n) is 1.28. The monoisotopic (exact) mass is 169 g/mol. The summed E-state index contributed by atoms with van der Waals surface area (Å²) in [7, 11) is 0. The number of hydrogen-bond donors (Lipinski definition) is 1. The van der Waals surface area contributed by atoms with Crippen LogP contribution >= 0.6 is 11.5 Å². The largest absolute Gasteiger partial charge is 0.330 e. The van der Waals surface area contributed by atoms with Gasteiger partial charge in [0, 0.05) is 5.38 Å². The molecule has 4 heteroatoms. The Labute approximate surface area is 69.8 Å². The molecule has 1 saturated carbocycles. The first-order chi connectivity index (χ1) is 5.35. The number of nitrogens with two attached hydrogens (primary N) is 1. The first-order valence-corrected chi connectivity index (χ1v) is 4.64. The molecule has 0 aromatic carbocycles. The molecule has 0 radical (unpaired) electrons. The smallest absolute Gasteiger partial charge is 0.0761 e. The predicted octanol–water partition coefficient (Wildman–Crippen LogP) is 0.819. The van der Waals surface area contributed by atoms with E-state index in [2.05, 4.69) is 9.59 Å². The number of nitrogens with zero attached hydrogens (tertiary/aromatic N) is 2. The van der Waals surface area contributed by atoms with E-state index >= 15 is 0 Å². The van der Waals surface area contributed by atoms with Crippen LogP contribution in [0.1, 0.15) is 18.5 Å². The summed E-state index contributed by atoms with van der Waals surface area (Å²) in [5.41, 5.74) is 7.15. The van der Waals surface area contributed by atoms with Crippen molar-refractivity contribution in [3.63, 3.8) is 0 Å². The van der Waals surface area contributed by atoms with Gasteiger partial charge in [-0.2, -0.15) is 0 Å². The second-order valence-corrected chi connectivity index (χ2v) is 3.89. The summed E-state index contributed by atoms with van der Waals surface area (Å²) in [6, 6.07) is 0. The molecule has 0 aliphatic heterocycles. The minimum atomic E-state index is 0.399. The standard InChI is InChI=1S/C7H11N3S/c8-5-7(1-2-7)3-6-4-11-10-9-6/h4H,1-3,5,8H2. The van der Waals surface area contributed by atoms with Crippen LogP contribution in [0.3, 0.4) is 0 Å². The molecule has 0 saturated heterocycles. The van der Waals surface area contributed by atoms with Crippen molar-refractivity contribution >= 4 is 11.5 Å². The van der Waals surface area contributed by atoms with E-state index in [1.165, 1.54) is 24.4 Å². The molecule has 2 N–H and O–H groups in total. The highest BCUT2D eigenvalue weighted by atomic mass is 32.1. The van der Waals surface area contributed by atoms with E-state index < -0.39 is 0 Å². The van der Waals surface area contributed by atoms with Gasteiger partial charge in [-0.3, -0.25) is 0 Å². The average Bonchev–Trinajstić information content (AvgIpc) is 2.59. The Morgan fingerprint density at radius 3 is 2.91 bits per heavy atom. The summed E-state index contributed by atoms with van der Waals surface area (Å²) in [6.45, 7) is 0.796. The average molecular weight is 169 g/mol. The molecule has 3 nitrogen and oxygen atoms in total. The maximum Gasteiger partial charge on any atom is 0.0761 e. The summed E-state index contributed by atoms with van der Waals surface area (Å²) < 4.78 is 3.82. The van der Waals surface area contributed by atoms with E-state index in [0.29, 0.717) is 5.41 Å². The van der Waals surface area contributed by atoms with E-state index in [9.17, 15) is 0 Å².